The van der Waals surface area contributed by atoms with Crippen molar-refractivity contribution in [3.8, 4) is 5.75 Å². The molecule has 0 amide bonds. The van der Waals surface area contributed by atoms with Crippen LogP contribution >= 0.6 is 11.8 Å². The van der Waals surface area contributed by atoms with Gasteiger partial charge in [0.15, 0.2) is 0 Å². The normalized spacial score (nSPS) is 10.4. The van der Waals surface area contributed by atoms with Crippen LogP contribution in [0.15, 0.2) is 59.5 Å². The van der Waals surface area contributed by atoms with Crippen LogP contribution in [-0.2, 0) is 10.5 Å². The molecule has 0 N–H and O–H groups in total. The highest BCUT2D eigenvalue weighted by atomic mass is 32.2. The molecule has 2 rings (SSSR count). The van der Waals surface area contributed by atoms with E-state index in [1.165, 1.54) is 10.5 Å². The molecule has 0 aliphatic carbocycles. The fraction of sp³-hybridized carbons (Fsp3) is 0.250. The van der Waals surface area contributed by atoms with Crippen molar-refractivity contribution in [1.29, 1.82) is 0 Å². The number of hydrogen-bond acceptors (Lipinski definition) is 3. The summed E-state index contributed by atoms with van der Waals surface area (Å²) in [5.41, 5.74) is 1.33. The Hall–Kier alpha value is -1.45. The highest BCUT2D eigenvalue weighted by Crippen LogP contribution is 2.26. The molecule has 0 saturated heterocycles. The highest BCUT2D eigenvalue weighted by molar-refractivity contribution is 7.98. The van der Waals surface area contributed by atoms with Gasteiger partial charge in [-0.1, -0.05) is 36.4 Å². The fourth-order valence-electron chi connectivity index (χ4n) is 1.64. The van der Waals surface area contributed by atoms with Gasteiger partial charge in [0.05, 0.1) is 6.61 Å². The van der Waals surface area contributed by atoms with E-state index >= 15 is 0 Å². The van der Waals surface area contributed by atoms with Crippen molar-refractivity contribution in [3.63, 3.8) is 0 Å². The quantitative estimate of drug-likeness (QED) is 0.561. The van der Waals surface area contributed by atoms with Crippen LogP contribution in [0.4, 0.5) is 0 Å². The van der Waals surface area contributed by atoms with Crippen LogP contribution in [0.25, 0.3) is 0 Å². The maximum atomic E-state index is 5.60. The molecular weight excluding hydrogens is 256 g/mol. The first-order valence-electron chi connectivity index (χ1n) is 6.27. The third-order valence-electron chi connectivity index (χ3n) is 2.61. The van der Waals surface area contributed by atoms with Crippen molar-refractivity contribution in [2.75, 3.05) is 20.3 Å². The molecule has 0 bridgehead atoms. The Morgan fingerprint density at radius 1 is 0.947 bits per heavy atom. The zero-order valence-corrected chi connectivity index (χ0v) is 11.9. The Bertz CT molecular complexity index is 485. The molecule has 0 aromatic heterocycles. The van der Waals surface area contributed by atoms with Crippen molar-refractivity contribution < 1.29 is 9.47 Å². The first-order valence-corrected chi connectivity index (χ1v) is 7.25. The van der Waals surface area contributed by atoms with Crippen molar-refractivity contribution >= 4 is 11.8 Å². The lowest BCUT2D eigenvalue weighted by Gasteiger charge is -2.07. The Morgan fingerprint density at radius 3 is 2.58 bits per heavy atom. The Kier molecular flexibility index (Phi) is 5.79. The summed E-state index contributed by atoms with van der Waals surface area (Å²) in [5, 5.41) is 0. The zero-order valence-electron chi connectivity index (χ0n) is 11.0. The van der Waals surface area contributed by atoms with Gasteiger partial charge >= 0.3 is 0 Å². The lowest BCUT2D eigenvalue weighted by molar-refractivity contribution is 0.146. The number of rotatable bonds is 7. The van der Waals surface area contributed by atoms with Crippen LogP contribution in [0.2, 0.25) is 0 Å². The molecule has 0 spiro atoms. The highest BCUT2D eigenvalue weighted by Gasteiger charge is 1.99. The summed E-state index contributed by atoms with van der Waals surface area (Å²) in [6.45, 7) is 1.20. The third-order valence-corrected chi connectivity index (χ3v) is 3.67. The summed E-state index contributed by atoms with van der Waals surface area (Å²) >= 11 is 1.82. The molecule has 2 aromatic carbocycles. The van der Waals surface area contributed by atoms with Crippen LogP contribution in [0, 0.1) is 0 Å². The van der Waals surface area contributed by atoms with Gasteiger partial charge in [-0.15, -0.1) is 11.8 Å². The second kappa shape index (κ2) is 7.87. The number of ether oxygens (including phenoxy) is 2. The van der Waals surface area contributed by atoms with Crippen LogP contribution < -0.4 is 4.74 Å². The number of thioether (sulfide) groups is 1. The molecule has 2 aromatic rings. The molecule has 0 heterocycles. The minimum absolute atomic E-state index is 0.587. The average molecular weight is 274 g/mol. The molecule has 0 unspecified atom stereocenters. The van der Waals surface area contributed by atoms with E-state index in [0.717, 1.165) is 11.5 Å². The maximum Gasteiger partial charge on any atom is 0.120 e. The van der Waals surface area contributed by atoms with Crippen LogP contribution in [0.3, 0.4) is 0 Å². The number of methoxy groups -OCH3 is 1. The molecule has 3 heteroatoms. The van der Waals surface area contributed by atoms with Crippen molar-refractivity contribution in [2.24, 2.45) is 0 Å². The Labute approximate surface area is 118 Å². The minimum atomic E-state index is 0.587. The number of benzene rings is 2. The first-order chi connectivity index (χ1) is 9.38. The van der Waals surface area contributed by atoms with Gasteiger partial charge in [-0.05, 0) is 23.8 Å². The summed E-state index contributed by atoms with van der Waals surface area (Å²) in [5.74, 6) is 1.87. The predicted molar refractivity (Wildman–Crippen MR) is 79.8 cm³/mol. The summed E-state index contributed by atoms with van der Waals surface area (Å²) in [6.07, 6.45) is 0. The second-order valence-corrected chi connectivity index (χ2v) is 5.14. The van der Waals surface area contributed by atoms with E-state index in [1.807, 2.05) is 30.0 Å². The molecule has 19 heavy (non-hydrogen) atoms. The van der Waals surface area contributed by atoms with Crippen LogP contribution in [0.1, 0.15) is 5.56 Å². The van der Waals surface area contributed by atoms with Gasteiger partial charge in [0.1, 0.15) is 12.4 Å². The standard InChI is InChI=1S/C16H18O2S/c1-17-10-11-18-15-8-5-9-16(12-15)19-13-14-6-3-2-4-7-14/h2-9,12H,10-11,13H2,1H3. The Morgan fingerprint density at radius 2 is 1.79 bits per heavy atom. The van der Waals surface area contributed by atoms with E-state index in [1.54, 1.807) is 7.11 Å². The van der Waals surface area contributed by atoms with Gasteiger partial charge in [-0.2, -0.15) is 0 Å². The third kappa shape index (κ3) is 4.97. The molecule has 0 radical (unpaired) electrons. The van der Waals surface area contributed by atoms with Crippen LogP contribution in [0.5, 0.6) is 5.75 Å². The fourth-order valence-corrected chi connectivity index (χ4v) is 2.54. The average Bonchev–Trinajstić information content (AvgIpc) is 2.47. The largest absolute Gasteiger partial charge is 0.491 e. The molecule has 0 fully saturated rings. The molecule has 0 saturated carbocycles. The molecule has 0 aliphatic heterocycles. The van der Waals surface area contributed by atoms with Gasteiger partial charge in [-0.3, -0.25) is 0 Å². The van der Waals surface area contributed by atoms with Gasteiger partial charge in [0, 0.05) is 17.8 Å². The smallest absolute Gasteiger partial charge is 0.120 e. The van der Waals surface area contributed by atoms with Crippen molar-refractivity contribution in [1.82, 2.24) is 0 Å². The SMILES string of the molecule is COCCOc1cccc(SCc2ccccc2)c1. The number of hydrogen-bond donors (Lipinski definition) is 0. The monoisotopic (exact) mass is 274 g/mol. The minimum Gasteiger partial charge on any atom is -0.491 e. The predicted octanol–water partition coefficient (Wildman–Crippen LogP) is 4.00. The van der Waals surface area contributed by atoms with E-state index in [4.69, 9.17) is 9.47 Å². The lowest BCUT2D eigenvalue weighted by atomic mass is 10.2. The molecule has 0 atom stereocenters. The summed E-state index contributed by atoms with van der Waals surface area (Å²) in [6, 6.07) is 18.6. The first kappa shape index (κ1) is 14.0. The van der Waals surface area contributed by atoms with E-state index in [-0.39, 0.29) is 0 Å². The van der Waals surface area contributed by atoms with Crippen LogP contribution in [-0.4, -0.2) is 20.3 Å². The van der Waals surface area contributed by atoms with Gasteiger partial charge < -0.3 is 9.47 Å². The van der Waals surface area contributed by atoms with E-state index < -0.39 is 0 Å². The summed E-state index contributed by atoms with van der Waals surface area (Å²) in [4.78, 5) is 1.22. The van der Waals surface area contributed by atoms with Gasteiger partial charge in [-0.25, -0.2) is 0 Å². The van der Waals surface area contributed by atoms with E-state index in [0.29, 0.717) is 13.2 Å². The van der Waals surface area contributed by atoms with Gasteiger partial charge in [0.2, 0.25) is 0 Å². The Balaban J connectivity index is 1.88. The lowest BCUT2D eigenvalue weighted by Crippen LogP contribution is -2.03. The summed E-state index contributed by atoms with van der Waals surface area (Å²) in [7, 11) is 1.68. The summed E-state index contributed by atoms with van der Waals surface area (Å²) < 4.78 is 10.6. The van der Waals surface area contributed by atoms with Crippen molar-refractivity contribution in [3.05, 3.63) is 60.2 Å². The van der Waals surface area contributed by atoms with Crippen molar-refractivity contribution in [2.45, 2.75) is 10.6 Å². The molecular formula is C16H18O2S. The van der Waals surface area contributed by atoms with E-state index in [9.17, 15) is 0 Å². The molecule has 0 aliphatic rings. The van der Waals surface area contributed by atoms with E-state index in [2.05, 4.69) is 36.4 Å². The topological polar surface area (TPSA) is 18.5 Å². The maximum absolute atomic E-state index is 5.60. The molecule has 2 nitrogen and oxygen atoms in total. The molecule has 100 valence electrons. The second-order valence-electron chi connectivity index (χ2n) is 4.09. The van der Waals surface area contributed by atoms with Gasteiger partial charge in [0.25, 0.3) is 0 Å². The zero-order chi connectivity index (χ0) is 13.3.